The highest BCUT2D eigenvalue weighted by Gasteiger charge is 2.40. The number of hydrogen-bond acceptors (Lipinski definition) is 7. The van der Waals surface area contributed by atoms with Crippen molar-refractivity contribution < 1.29 is 28.7 Å². The first-order valence-corrected chi connectivity index (χ1v) is 5.62. The van der Waals surface area contributed by atoms with Crippen LogP contribution in [-0.2, 0) is 14.4 Å². The Morgan fingerprint density at radius 1 is 1.60 bits per heavy atom. The third-order valence-corrected chi connectivity index (χ3v) is 2.56. The first-order chi connectivity index (χ1) is 9.58. The molecule has 1 aliphatic heterocycles. The van der Waals surface area contributed by atoms with E-state index in [1.165, 1.54) is 12.5 Å². The summed E-state index contributed by atoms with van der Waals surface area (Å²) in [4.78, 5) is 37.1. The van der Waals surface area contributed by atoms with Crippen LogP contribution in [0.5, 0.6) is 0 Å². The van der Waals surface area contributed by atoms with Gasteiger partial charge in [0.2, 0.25) is 5.91 Å². The Bertz CT molecular complexity index is 501. The lowest BCUT2D eigenvalue weighted by molar-refractivity contribution is -0.757. The van der Waals surface area contributed by atoms with Crippen molar-refractivity contribution >= 4 is 12.0 Å². The third kappa shape index (κ3) is 3.16. The van der Waals surface area contributed by atoms with Crippen molar-refractivity contribution in [1.29, 1.82) is 0 Å². The number of rotatable bonds is 6. The number of carbonyl (C=O) groups excluding carboxylic acids is 2. The molecule has 0 spiro atoms. The molecule has 2 unspecified atom stereocenters. The zero-order valence-electron chi connectivity index (χ0n) is 10.1. The fourth-order valence-electron chi connectivity index (χ4n) is 1.72. The predicted molar refractivity (Wildman–Crippen MR) is 60.8 cm³/mol. The van der Waals surface area contributed by atoms with Gasteiger partial charge in [0, 0.05) is 12.1 Å². The molecule has 0 radical (unpaired) electrons. The molecule has 2 atom stereocenters. The van der Waals surface area contributed by atoms with Crippen LogP contribution in [0.1, 0.15) is 11.7 Å². The van der Waals surface area contributed by atoms with E-state index in [1.807, 2.05) is 0 Å². The van der Waals surface area contributed by atoms with Crippen LogP contribution in [0.3, 0.4) is 0 Å². The van der Waals surface area contributed by atoms with E-state index in [4.69, 9.17) is 9.15 Å². The molecule has 2 amide bonds. The molecule has 1 fully saturated rings. The average Bonchev–Trinajstić information content (AvgIpc) is 3.02. The van der Waals surface area contributed by atoms with Crippen LogP contribution in [-0.4, -0.2) is 36.3 Å². The lowest BCUT2D eigenvalue weighted by Gasteiger charge is -2.15. The number of ether oxygens (including phenoxy) is 1. The molecule has 10 nitrogen and oxygen atoms in total. The lowest BCUT2D eigenvalue weighted by Crippen LogP contribution is -2.44. The maximum atomic E-state index is 11.9. The van der Waals surface area contributed by atoms with Crippen LogP contribution in [0.2, 0.25) is 0 Å². The van der Waals surface area contributed by atoms with Gasteiger partial charge in [-0.25, -0.2) is 4.79 Å². The minimum atomic E-state index is -0.957. The highest BCUT2D eigenvalue weighted by Crippen LogP contribution is 2.26. The molecule has 2 N–H and O–H groups in total. The van der Waals surface area contributed by atoms with Crippen molar-refractivity contribution in [3.8, 4) is 0 Å². The molecule has 1 aromatic rings. The summed E-state index contributed by atoms with van der Waals surface area (Å²) in [7, 11) is 0. The smallest absolute Gasteiger partial charge is 0.408 e. The molecule has 1 aromatic heterocycles. The van der Waals surface area contributed by atoms with Gasteiger partial charge in [-0.15, -0.1) is 10.1 Å². The van der Waals surface area contributed by atoms with Crippen molar-refractivity contribution in [2.75, 3.05) is 13.2 Å². The number of carbonyl (C=O) groups is 2. The highest BCUT2D eigenvalue weighted by molar-refractivity contribution is 5.88. The van der Waals surface area contributed by atoms with Crippen molar-refractivity contribution in [3.63, 3.8) is 0 Å². The zero-order chi connectivity index (χ0) is 14.5. The van der Waals surface area contributed by atoms with Gasteiger partial charge in [0.05, 0.1) is 12.5 Å². The second-order valence-electron chi connectivity index (χ2n) is 3.85. The summed E-state index contributed by atoms with van der Waals surface area (Å²) < 4.78 is 9.84. The molecule has 0 bridgehead atoms. The van der Waals surface area contributed by atoms with Crippen molar-refractivity contribution in [2.24, 2.45) is 0 Å². The molecule has 1 aliphatic rings. The minimum absolute atomic E-state index is 0.0652. The van der Waals surface area contributed by atoms with Crippen LogP contribution in [0.25, 0.3) is 0 Å². The largest absolute Gasteiger partial charge is 0.472 e. The normalized spacial score (nSPS) is 20.9. The van der Waals surface area contributed by atoms with Gasteiger partial charge in [0.15, 0.2) is 12.1 Å². The summed E-state index contributed by atoms with van der Waals surface area (Å²) in [6, 6.07) is 0.636. The maximum absolute atomic E-state index is 11.9. The summed E-state index contributed by atoms with van der Waals surface area (Å²) in [6.45, 7) is -0.346. The molecule has 1 saturated heterocycles. The van der Waals surface area contributed by atoms with Crippen LogP contribution in [0.15, 0.2) is 23.0 Å². The SMILES string of the molecule is O=C1NC(C(=O)NCCO[N+](=O)[O-])C(c2ccoc2)O1. The van der Waals surface area contributed by atoms with Gasteiger partial charge in [-0.2, -0.15) is 0 Å². The Labute approximate surface area is 112 Å². The molecule has 10 heteroatoms. The lowest BCUT2D eigenvalue weighted by atomic mass is 10.1. The van der Waals surface area contributed by atoms with Gasteiger partial charge in [0.25, 0.3) is 5.09 Å². The van der Waals surface area contributed by atoms with E-state index in [2.05, 4.69) is 15.5 Å². The first-order valence-electron chi connectivity index (χ1n) is 5.62. The van der Waals surface area contributed by atoms with E-state index in [1.54, 1.807) is 6.07 Å². The summed E-state index contributed by atoms with van der Waals surface area (Å²) in [5.41, 5.74) is 0.532. The van der Waals surface area contributed by atoms with Gasteiger partial charge < -0.3 is 24.6 Å². The van der Waals surface area contributed by atoms with Gasteiger partial charge in [0.1, 0.15) is 6.61 Å². The van der Waals surface area contributed by atoms with E-state index >= 15 is 0 Å². The van der Waals surface area contributed by atoms with Crippen LogP contribution < -0.4 is 10.6 Å². The molecule has 20 heavy (non-hydrogen) atoms. The monoisotopic (exact) mass is 285 g/mol. The molecule has 0 aromatic carbocycles. The molecule has 2 heterocycles. The number of hydrogen-bond donors (Lipinski definition) is 2. The number of amides is 2. The van der Waals surface area contributed by atoms with Crippen LogP contribution >= 0.6 is 0 Å². The summed E-state index contributed by atoms with van der Waals surface area (Å²) in [6.07, 6.45) is 1.22. The second kappa shape index (κ2) is 5.91. The Morgan fingerprint density at radius 2 is 2.40 bits per heavy atom. The number of nitrogens with one attached hydrogen (secondary N) is 2. The molecule has 2 rings (SSSR count). The van der Waals surface area contributed by atoms with E-state index in [0.717, 1.165) is 0 Å². The molecular formula is C10H11N3O7. The standard InChI is InChI=1S/C10H11N3O7/c14-9(11-2-4-19-13(16)17)7-8(20-10(15)12-7)6-1-3-18-5-6/h1,3,5,7-8H,2,4H2,(H,11,14)(H,12,15). The summed E-state index contributed by atoms with van der Waals surface area (Å²) in [5, 5.41) is 13.7. The van der Waals surface area contributed by atoms with E-state index < -0.39 is 29.2 Å². The van der Waals surface area contributed by atoms with E-state index in [-0.39, 0.29) is 13.2 Å². The third-order valence-electron chi connectivity index (χ3n) is 2.56. The van der Waals surface area contributed by atoms with Crippen molar-refractivity contribution in [1.82, 2.24) is 10.6 Å². The highest BCUT2D eigenvalue weighted by atomic mass is 16.9. The minimum Gasteiger partial charge on any atom is -0.472 e. The van der Waals surface area contributed by atoms with Crippen LogP contribution in [0.4, 0.5) is 4.79 Å². The van der Waals surface area contributed by atoms with Gasteiger partial charge >= 0.3 is 6.09 Å². The fourth-order valence-corrected chi connectivity index (χ4v) is 1.72. The van der Waals surface area contributed by atoms with Crippen molar-refractivity contribution in [2.45, 2.75) is 12.1 Å². The quantitative estimate of drug-likeness (QED) is 0.418. The molecule has 0 aliphatic carbocycles. The number of furan rings is 1. The van der Waals surface area contributed by atoms with E-state index in [0.29, 0.717) is 5.56 Å². The van der Waals surface area contributed by atoms with E-state index in [9.17, 15) is 19.7 Å². The Morgan fingerprint density at radius 3 is 3.05 bits per heavy atom. The molecule has 108 valence electrons. The van der Waals surface area contributed by atoms with Crippen molar-refractivity contribution in [3.05, 3.63) is 34.3 Å². The van der Waals surface area contributed by atoms with Gasteiger partial charge in [-0.05, 0) is 6.07 Å². The molecule has 0 saturated carbocycles. The topological polar surface area (TPSA) is 133 Å². The zero-order valence-corrected chi connectivity index (χ0v) is 10.1. The summed E-state index contributed by atoms with van der Waals surface area (Å²) in [5.74, 6) is -0.533. The second-order valence-corrected chi connectivity index (χ2v) is 3.85. The summed E-state index contributed by atoms with van der Waals surface area (Å²) >= 11 is 0. The number of nitrogens with zero attached hydrogens (tertiary/aromatic N) is 1. The van der Waals surface area contributed by atoms with Crippen LogP contribution in [0, 0.1) is 10.1 Å². The Balaban J connectivity index is 1.90. The fraction of sp³-hybridized carbons (Fsp3) is 0.400. The number of alkyl carbamates (subject to hydrolysis) is 1. The van der Waals surface area contributed by atoms with Gasteiger partial charge in [-0.3, -0.25) is 4.79 Å². The van der Waals surface area contributed by atoms with Gasteiger partial charge in [-0.1, -0.05) is 0 Å². The molecular weight excluding hydrogens is 274 g/mol. The predicted octanol–water partition coefficient (Wildman–Crippen LogP) is -0.246. The first kappa shape index (κ1) is 13.6. The maximum Gasteiger partial charge on any atom is 0.408 e. The Kier molecular flexibility index (Phi) is 4.03. The Hall–Kier alpha value is -2.78. The number of cyclic esters (lactones) is 1. The average molecular weight is 285 g/mol.